The number of nitrogen functional groups attached to an aromatic ring is 1. The summed E-state index contributed by atoms with van der Waals surface area (Å²) in [6, 6.07) is 14.5. The van der Waals surface area contributed by atoms with Gasteiger partial charge in [-0.25, -0.2) is 18.7 Å². The van der Waals surface area contributed by atoms with Crippen LogP contribution in [0.15, 0.2) is 64.1 Å². The quantitative estimate of drug-likeness (QED) is 0.296. The van der Waals surface area contributed by atoms with E-state index < -0.39 is 12.0 Å². The van der Waals surface area contributed by atoms with Crippen molar-refractivity contribution in [1.82, 2.24) is 20.4 Å². The number of hydrogen-bond donors (Lipinski definition) is 2. The van der Waals surface area contributed by atoms with E-state index in [2.05, 4.69) is 32.6 Å². The third-order valence-electron chi connectivity index (χ3n) is 5.95. The number of thioether (sulfide) groups is 1. The fourth-order valence-corrected chi connectivity index (χ4v) is 5.08. The molecule has 3 heterocycles. The Morgan fingerprint density at radius 3 is 2.73 bits per heavy atom. The highest BCUT2D eigenvalue weighted by atomic mass is 32.2. The van der Waals surface area contributed by atoms with Gasteiger partial charge >= 0.3 is 0 Å². The third kappa shape index (κ3) is 6.15. The lowest BCUT2D eigenvalue weighted by atomic mass is 10.1. The number of nitrogens with zero attached hydrogens (tertiary/aromatic N) is 3. The Morgan fingerprint density at radius 2 is 2.00 bits per heavy atom. The largest absolute Gasteiger partial charge is 0.382 e. The van der Waals surface area contributed by atoms with Crippen molar-refractivity contribution in [3.63, 3.8) is 0 Å². The molecule has 0 spiro atoms. The first-order valence-electron chi connectivity index (χ1n) is 12.0. The maximum atomic E-state index is 14.8. The van der Waals surface area contributed by atoms with Crippen molar-refractivity contribution in [2.75, 3.05) is 25.5 Å². The number of nitrogens with one attached hydrogen (secondary N) is 1. The molecule has 7 nitrogen and oxygen atoms in total. The summed E-state index contributed by atoms with van der Waals surface area (Å²) in [5.41, 5.74) is 9.24. The Kier molecular flexibility index (Phi) is 7.78. The van der Waals surface area contributed by atoms with E-state index in [-0.39, 0.29) is 23.7 Å². The molecule has 0 amide bonds. The molecule has 2 unspecified atom stereocenters. The summed E-state index contributed by atoms with van der Waals surface area (Å²) in [7, 11) is 0. The van der Waals surface area contributed by atoms with E-state index >= 15 is 0 Å². The van der Waals surface area contributed by atoms with Gasteiger partial charge < -0.3 is 20.3 Å². The second-order valence-corrected chi connectivity index (χ2v) is 10.3. The van der Waals surface area contributed by atoms with Gasteiger partial charge in [-0.15, -0.1) is 11.8 Å². The van der Waals surface area contributed by atoms with E-state index in [4.69, 9.17) is 15.0 Å². The third-order valence-corrected chi connectivity index (χ3v) is 7.20. The first kappa shape index (κ1) is 25.3. The lowest BCUT2D eigenvalue weighted by molar-refractivity contribution is 0.199. The minimum absolute atomic E-state index is 0.184. The zero-order valence-corrected chi connectivity index (χ0v) is 21.1. The fourth-order valence-electron chi connectivity index (χ4n) is 4.03. The van der Waals surface area contributed by atoms with Crippen LogP contribution in [0.4, 0.5) is 14.6 Å². The maximum Gasteiger partial charge on any atom is 0.189 e. The van der Waals surface area contributed by atoms with Gasteiger partial charge in [-0.05, 0) is 43.2 Å². The minimum atomic E-state index is -0.970. The van der Waals surface area contributed by atoms with Gasteiger partial charge in [-0.2, -0.15) is 0 Å². The topological polar surface area (TPSA) is 99.1 Å². The molecule has 0 saturated carbocycles. The molecule has 1 aliphatic heterocycles. The van der Waals surface area contributed by atoms with Crippen molar-refractivity contribution >= 4 is 17.6 Å². The summed E-state index contributed by atoms with van der Waals surface area (Å²) in [5, 5.41) is 7.46. The predicted molar refractivity (Wildman–Crippen MR) is 140 cm³/mol. The molecule has 0 radical (unpaired) electrons. The van der Waals surface area contributed by atoms with Gasteiger partial charge in [0.2, 0.25) is 0 Å². The SMILES string of the molecule is CC(F)CNCc1ccc(-c2cc(-c3nc(-c4ccc(SC5CCOC5)cc4)cnc3N)on2)c(F)c1. The van der Waals surface area contributed by atoms with Crippen LogP contribution in [0.1, 0.15) is 18.9 Å². The van der Waals surface area contributed by atoms with Crippen molar-refractivity contribution in [3.8, 4) is 34.0 Å². The number of rotatable bonds is 9. The average molecular weight is 524 g/mol. The van der Waals surface area contributed by atoms with E-state index in [0.29, 0.717) is 34.4 Å². The molecule has 0 bridgehead atoms. The van der Waals surface area contributed by atoms with Gasteiger partial charge in [0.15, 0.2) is 17.3 Å². The molecule has 37 heavy (non-hydrogen) atoms. The molecule has 4 aromatic rings. The Hall–Kier alpha value is -3.34. The molecule has 1 aliphatic rings. The highest BCUT2D eigenvalue weighted by Gasteiger charge is 2.19. The summed E-state index contributed by atoms with van der Waals surface area (Å²) in [6.07, 6.45) is 1.70. The first-order chi connectivity index (χ1) is 18.0. The minimum Gasteiger partial charge on any atom is -0.382 e. The number of aromatic nitrogens is 3. The van der Waals surface area contributed by atoms with E-state index in [0.717, 1.165) is 25.2 Å². The summed E-state index contributed by atoms with van der Waals surface area (Å²) in [6.45, 7) is 3.64. The van der Waals surface area contributed by atoms with Gasteiger partial charge in [0.1, 0.15) is 17.7 Å². The number of ether oxygens (including phenoxy) is 1. The lowest BCUT2D eigenvalue weighted by Crippen LogP contribution is -2.21. The molecule has 0 aliphatic carbocycles. The van der Waals surface area contributed by atoms with Crippen LogP contribution in [-0.2, 0) is 11.3 Å². The Bertz CT molecular complexity index is 1360. The van der Waals surface area contributed by atoms with Crippen LogP contribution in [0.5, 0.6) is 0 Å². The molecular formula is C27H27F2N5O2S. The van der Waals surface area contributed by atoms with E-state index in [1.165, 1.54) is 17.9 Å². The van der Waals surface area contributed by atoms with Crippen molar-refractivity contribution in [3.05, 3.63) is 66.1 Å². The second kappa shape index (κ2) is 11.4. The van der Waals surface area contributed by atoms with Gasteiger partial charge in [-0.1, -0.05) is 23.4 Å². The van der Waals surface area contributed by atoms with E-state index in [1.807, 2.05) is 23.9 Å². The van der Waals surface area contributed by atoms with Gasteiger partial charge in [0.05, 0.1) is 18.5 Å². The zero-order valence-electron chi connectivity index (χ0n) is 20.3. The number of nitrogens with two attached hydrogens (primary N) is 1. The molecule has 1 fully saturated rings. The van der Waals surface area contributed by atoms with Gasteiger partial charge in [0, 0.05) is 47.0 Å². The summed E-state index contributed by atoms with van der Waals surface area (Å²) in [5.74, 6) is 0.0172. The monoisotopic (exact) mass is 523 g/mol. The molecule has 2 aromatic heterocycles. The number of halogens is 2. The Labute approximate surface area is 217 Å². The molecule has 192 valence electrons. The molecule has 2 atom stereocenters. The van der Waals surface area contributed by atoms with Crippen LogP contribution < -0.4 is 11.1 Å². The van der Waals surface area contributed by atoms with Crippen molar-refractivity contribution in [2.45, 2.75) is 36.2 Å². The fraction of sp³-hybridized carbons (Fsp3) is 0.296. The zero-order chi connectivity index (χ0) is 25.8. The molecular weight excluding hydrogens is 496 g/mol. The summed E-state index contributed by atoms with van der Waals surface area (Å²) >= 11 is 1.81. The maximum absolute atomic E-state index is 14.8. The number of anilines is 1. The lowest BCUT2D eigenvalue weighted by Gasteiger charge is -2.09. The molecule has 5 rings (SSSR count). The molecule has 1 saturated heterocycles. The standard InChI is InChI=1S/C27H27F2N5O2S/c1-16(28)12-31-13-17-2-7-21(22(29)10-17)23-11-25(36-34-23)26-27(30)32-14-24(33-26)18-3-5-19(6-4-18)37-20-8-9-35-15-20/h2-7,10-11,14,16,20,31H,8-9,12-13,15H2,1H3,(H2,30,32). The second-order valence-electron chi connectivity index (χ2n) is 8.92. The number of alkyl halides is 1. The van der Waals surface area contributed by atoms with Crippen molar-refractivity contribution in [2.24, 2.45) is 0 Å². The summed E-state index contributed by atoms with van der Waals surface area (Å²) < 4.78 is 38.7. The normalized spacial score (nSPS) is 16.2. The van der Waals surface area contributed by atoms with Gasteiger partial charge in [-0.3, -0.25) is 0 Å². The highest BCUT2D eigenvalue weighted by Crippen LogP contribution is 2.33. The molecule has 10 heteroatoms. The highest BCUT2D eigenvalue weighted by molar-refractivity contribution is 8.00. The predicted octanol–water partition coefficient (Wildman–Crippen LogP) is 5.52. The average Bonchev–Trinajstić information content (AvgIpc) is 3.57. The van der Waals surface area contributed by atoms with Crippen LogP contribution >= 0.6 is 11.8 Å². The van der Waals surface area contributed by atoms with Crippen molar-refractivity contribution in [1.29, 1.82) is 0 Å². The van der Waals surface area contributed by atoms with E-state index in [9.17, 15) is 8.78 Å². The molecule has 3 N–H and O–H groups in total. The van der Waals surface area contributed by atoms with Crippen molar-refractivity contribution < 1.29 is 18.0 Å². The smallest absolute Gasteiger partial charge is 0.189 e. The van der Waals surface area contributed by atoms with Crippen LogP contribution in [-0.4, -0.2) is 46.3 Å². The number of hydrogen-bond acceptors (Lipinski definition) is 8. The number of benzene rings is 2. The summed E-state index contributed by atoms with van der Waals surface area (Å²) in [4.78, 5) is 10.1. The first-order valence-corrected chi connectivity index (χ1v) is 12.9. The molecule has 2 aromatic carbocycles. The Balaban J connectivity index is 1.33. The van der Waals surface area contributed by atoms with Crippen LogP contribution in [0.25, 0.3) is 34.0 Å². The van der Waals surface area contributed by atoms with E-state index in [1.54, 1.807) is 24.4 Å². The van der Waals surface area contributed by atoms with Gasteiger partial charge in [0.25, 0.3) is 0 Å². The Morgan fingerprint density at radius 1 is 1.16 bits per heavy atom. The van der Waals surface area contributed by atoms with Crippen LogP contribution in [0.2, 0.25) is 0 Å². The van der Waals surface area contributed by atoms with Crippen LogP contribution in [0, 0.1) is 5.82 Å². The van der Waals surface area contributed by atoms with Crippen LogP contribution in [0.3, 0.4) is 0 Å².